The van der Waals surface area contributed by atoms with Gasteiger partial charge in [-0.15, -0.1) is 0 Å². The van der Waals surface area contributed by atoms with Gasteiger partial charge in [-0.25, -0.2) is 9.69 Å². The third-order valence-electron chi connectivity index (χ3n) is 7.94. The van der Waals surface area contributed by atoms with Crippen molar-refractivity contribution < 1.29 is 19.1 Å². The number of cyclic esters (lactones) is 1. The highest BCUT2D eigenvalue weighted by Gasteiger charge is 2.45. The third-order valence-corrected chi connectivity index (χ3v) is 7.94. The number of hydrogen-bond acceptors (Lipinski definition) is 5. The SMILES string of the molecule is CC[C@H](c1cccc(N(Cc2ccccc2)Cc2ccccc2)c1)[C@@H](C(C)=O)C(=O)N1C(=O)OC[C@H]1c1ccccc1. The molecule has 0 unspecified atom stereocenters. The van der Waals surface area contributed by atoms with Crippen LogP contribution in [0.5, 0.6) is 0 Å². The fraction of sp³-hybridized carbons (Fsp3) is 0.250. The first-order valence-corrected chi connectivity index (χ1v) is 14.4. The average molecular weight is 561 g/mol. The number of rotatable bonds is 11. The maximum absolute atomic E-state index is 14.0. The summed E-state index contributed by atoms with van der Waals surface area (Å²) in [5, 5.41) is 0. The van der Waals surface area contributed by atoms with Crippen molar-refractivity contribution in [1.29, 1.82) is 0 Å². The monoisotopic (exact) mass is 560 g/mol. The van der Waals surface area contributed by atoms with E-state index in [0.29, 0.717) is 19.5 Å². The summed E-state index contributed by atoms with van der Waals surface area (Å²) in [6.45, 7) is 4.88. The second-order valence-corrected chi connectivity index (χ2v) is 10.7. The third kappa shape index (κ3) is 6.44. The molecule has 5 rings (SSSR count). The zero-order valence-corrected chi connectivity index (χ0v) is 24.1. The zero-order chi connectivity index (χ0) is 29.5. The van der Waals surface area contributed by atoms with E-state index in [1.165, 1.54) is 18.1 Å². The van der Waals surface area contributed by atoms with Crippen molar-refractivity contribution in [1.82, 2.24) is 4.90 Å². The number of nitrogens with zero attached hydrogens (tertiary/aromatic N) is 2. The lowest BCUT2D eigenvalue weighted by Gasteiger charge is -2.30. The van der Waals surface area contributed by atoms with Gasteiger partial charge in [0.15, 0.2) is 0 Å². The van der Waals surface area contributed by atoms with Crippen LogP contribution in [0.25, 0.3) is 0 Å². The summed E-state index contributed by atoms with van der Waals surface area (Å²) in [6, 6.07) is 37.5. The van der Waals surface area contributed by atoms with E-state index in [1.54, 1.807) is 0 Å². The Morgan fingerprint density at radius 1 is 0.833 bits per heavy atom. The summed E-state index contributed by atoms with van der Waals surface area (Å²) in [6.07, 6.45) is -0.156. The van der Waals surface area contributed by atoms with Crippen molar-refractivity contribution in [3.63, 3.8) is 0 Å². The lowest BCUT2D eigenvalue weighted by atomic mass is 9.80. The molecule has 1 fully saturated rings. The van der Waals surface area contributed by atoms with Crippen LogP contribution in [-0.4, -0.2) is 29.3 Å². The minimum Gasteiger partial charge on any atom is -0.446 e. The van der Waals surface area contributed by atoms with Crippen LogP contribution in [0.1, 0.15) is 54.5 Å². The van der Waals surface area contributed by atoms with E-state index in [2.05, 4.69) is 41.3 Å². The molecule has 0 radical (unpaired) electrons. The van der Waals surface area contributed by atoms with Gasteiger partial charge in [-0.3, -0.25) is 9.59 Å². The summed E-state index contributed by atoms with van der Waals surface area (Å²) in [5.41, 5.74) is 5.05. The van der Waals surface area contributed by atoms with Crippen LogP contribution in [0.2, 0.25) is 0 Å². The van der Waals surface area contributed by atoms with Crippen LogP contribution in [0.3, 0.4) is 0 Å². The number of ether oxygens (including phenoxy) is 1. The van der Waals surface area contributed by atoms with E-state index in [9.17, 15) is 14.4 Å². The average Bonchev–Trinajstić information content (AvgIpc) is 3.41. The Morgan fingerprint density at radius 2 is 1.40 bits per heavy atom. The molecule has 1 heterocycles. The Bertz CT molecular complexity index is 1470. The first-order chi connectivity index (χ1) is 20.5. The Balaban J connectivity index is 1.47. The molecule has 0 bridgehead atoms. The summed E-state index contributed by atoms with van der Waals surface area (Å²) in [4.78, 5) is 43.5. The molecular formula is C36H36N2O4. The molecule has 0 saturated carbocycles. The molecule has 6 heteroatoms. The molecule has 1 aliphatic heterocycles. The van der Waals surface area contributed by atoms with Gasteiger partial charge >= 0.3 is 6.09 Å². The van der Waals surface area contributed by atoms with Gasteiger partial charge in [-0.1, -0.05) is 110 Å². The second-order valence-electron chi connectivity index (χ2n) is 10.7. The molecule has 0 N–H and O–H groups in total. The number of carbonyl (C=O) groups excluding carboxylic acids is 3. The van der Waals surface area contributed by atoms with E-state index < -0.39 is 29.9 Å². The first kappa shape index (κ1) is 28.8. The molecule has 1 aliphatic rings. The van der Waals surface area contributed by atoms with Crippen molar-refractivity contribution in [3.8, 4) is 0 Å². The van der Waals surface area contributed by atoms with E-state index in [-0.39, 0.29) is 12.4 Å². The van der Waals surface area contributed by atoms with E-state index in [0.717, 1.165) is 21.7 Å². The van der Waals surface area contributed by atoms with Crippen molar-refractivity contribution in [2.75, 3.05) is 11.5 Å². The first-order valence-electron chi connectivity index (χ1n) is 14.4. The zero-order valence-electron chi connectivity index (χ0n) is 24.1. The Hall–Kier alpha value is -4.71. The highest BCUT2D eigenvalue weighted by Crippen LogP contribution is 2.37. The standard InChI is InChI=1S/C36H36N2O4/c1-3-32(34(26(2)39)35(40)38-33(25-42-36(38)41)29-18-11-6-12-19-29)30-20-13-21-31(22-30)37(23-27-14-7-4-8-15-27)24-28-16-9-5-10-17-28/h4-22,32-34H,3,23-25H2,1-2H3/t32-,33+,34-/m1/s1. The Labute approximate surface area is 247 Å². The van der Waals surface area contributed by atoms with Crippen molar-refractivity contribution >= 4 is 23.5 Å². The van der Waals surface area contributed by atoms with Crippen LogP contribution >= 0.6 is 0 Å². The summed E-state index contributed by atoms with van der Waals surface area (Å²) in [5.74, 6) is -2.20. The Morgan fingerprint density at radius 3 is 1.95 bits per heavy atom. The van der Waals surface area contributed by atoms with Gasteiger partial charge in [0.2, 0.25) is 5.91 Å². The molecule has 42 heavy (non-hydrogen) atoms. The lowest BCUT2D eigenvalue weighted by Crippen LogP contribution is -2.43. The van der Waals surface area contributed by atoms with Crippen LogP contribution in [-0.2, 0) is 27.4 Å². The number of benzene rings is 4. The molecule has 0 spiro atoms. The maximum atomic E-state index is 14.0. The van der Waals surface area contributed by atoms with Gasteiger partial charge in [0.1, 0.15) is 24.3 Å². The van der Waals surface area contributed by atoms with Gasteiger partial charge in [-0.2, -0.15) is 0 Å². The minimum absolute atomic E-state index is 0.0689. The maximum Gasteiger partial charge on any atom is 0.417 e. The number of ketones is 1. The summed E-state index contributed by atoms with van der Waals surface area (Å²) < 4.78 is 5.31. The second kappa shape index (κ2) is 13.3. The number of anilines is 1. The lowest BCUT2D eigenvalue weighted by molar-refractivity contribution is -0.140. The number of carbonyl (C=O) groups is 3. The largest absolute Gasteiger partial charge is 0.446 e. The molecule has 4 aromatic rings. The minimum atomic E-state index is -1.01. The van der Waals surface area contributed by atoms with Crippen LogP contribution in [0.15, 0.2) is 115 Å². The van der Waals surface area contributed by atoms with E-state index >= 15 is 0 Å². The number of Topliss-reactive ketones (excluding diaryl/α,β-unsaturated/α-hetero) is 1. The summed E-state index contributed by atoms with van der Waals surface area (Å²) >= 11 is 0. The van der Waals surface area contributed by atoms with Crippen LogP contribution in [0.4, 0.5) is 10.5 Å². The number of amides is 2. The molecule has 214 valence electrons. The van der Waals surface area contributed by atoms with Gasteiger partial charge in [0.25, 0.3) is 0 Å². The van der Waals surface area contributed by atoms with Gasteiger partial charge in [-0.05, 0) is 47.7 Å². The van der Waals surface area contributed by atoms with E-state index in [4.69, 9.17) is 4.74 Å². The molecule has 0 aliphatic carbocycles. The molecule has 2 amide bonds. The predicted octanol–water partition coefficient (Wildman–Crippen LogP) is 7.31. The van der Waals surface area contributed by atoms with Crippen LogP contribution in [0, 0.1) is 5.92 Å². The van der Waals surface area contributed by atoms with Crippen molar-refractivity contribution in [2.45, 2.75) is 45.3 Å². The van der Waals surface area contributed by atoms with E-state index in [1.807, 2.05) is 85.8 Å². The molecule has 0 aromatic heterocycles. The van der Waals surface area contributed by atoms with Crippen LogP contribution < -0.4 is 4.90 Å². The normalized spacial score (nSPS) is 16.0. The van der Waals surface area contributed by atoms with Crippen molar-refractivity contribution in [3.05, 3.63) is 138 Å². The summed E-state index contributed by atoms with van der Waals surface area (Å²) in [7, 11) is 0. The molecular weight excluding hydrogens is 524 g/mol. The smallest absolute Gasteiger partial charge is 0.417 e. The molecule has 4 aromatic carbocycles. The van der Waals surface area contributed by atoms with Crippen molar-refractivity contribution in [2.24, 2.45) is 5.92 Å². The number of hydrogen-bond donors (Lipinski definition) is 0. The molecule has 6 nitrogen and oxygen atoms in total. The highest BCUT2D eigenvalue weighted by atomic mass is 16.6. The fourth-order valence-electron chi connectivity index (χ4n) is 5.83. The molecule has 1 saturated heterocycles. The van der Waals surface area contributed by atoms with Gasteiger partial charge < -0.3 is 9.64 Å². The predicted molar refractivity (Wildman–Crippen MR) is 164 cm³/mol. The quantitative estimate of drug-likeness (QED) is 0.180. The van der Waals surface area contributed by atoms with Gasteiger partial charge in [0.05, 0.1) is 0 Å². The topological polar surface area (TPSA) is 66.9 Å². The molecule has 3 atom stereocenters. The highest BCUT2D eigenvalue weighted by molar-refractivity contribution is 6.06. The van der Waals surface area contributed by atoms with Gasteiger partial charge in [0, 0.05) is 24.7 Å². The number of imide groups is 1. The fourth-order valence-corrected chi connectivity index (χ4v) is 5.83. The Kier molecular flexibility index (Phi) is 9.12.